The van der Waals surface area contributed by atoms with Crippen molar-refractivity contribution in [2.45, 2.75) is 42.2 Å². The standard InChI is InChI=1S/C14H16FNO7/c15-11(19)8-9(17)14(22,10(18)12(20)23-8)13(21)5-16-7-4-2-1-3-6(7)13/h1-5,8-12,17-22H/t8-,9+,10+,11?,12-,13?,14-/m0/s1. The fourth-order valence-electron chi connectivity index (χ4n) is 3.08. The van der Waals surface area contributed by atoms with E-state index in [1.54, 1.807) is 6.07 Å². The summed E-state index contributed by atoms with van der Waals surface area (Å²) >= 11 is 0. The first kappa shape index (κ1) is 16.4. The molecule has 23 heavy (non-hydrogen) atoms. The minimum absolute atomic E-state index is 0.0433. The molecule has 0 saturated carbocycles. The molecular weight excluding hydrogens is 313 g/mol. The lowest BCUT2D eigenvalue weighted by molar-refractivity contribution is -0.363. The number of aliphatic imine (C=N–C) groups is 1. The lowest BCUT2D eigenvalue weighted by atomic mass is 9.69. The van der Waals surface area contributed by atoms with Gasteiger partial charge in [-0.2, -0.15) is 0 Å². The van der Waals surface area contributed by atoms with Crippen LogP contribution < -0.4 is 0 Å². The summed E-state index contributed by atoms with van der Waals surface area (Å²) in [5.74, 6) is 0. The van der Waals surface area contributed by atoms with E-state index in [9.17, 15) is 29.9 Å². The van der Waals surface area contributed by atoms with E-state index in [1.165, 1.54) is 18.2 Å². The molecule has 126 valence electrons. The summed E-state index contributed by atoms with van der Waals surface area (Å²) in [6.07, 6.45) is -10.6. The molecule has 0 aromatic heterocycles. The first-order valence-corrected chi connectivity index (χ1v) is 6.84. The quantitative estimate of drug-likeness (QED) is 0.370. The number of hydrogen-bond donors (Lipinski definition) is 6. The summed E-state index contributed by atoms with van der Waals surface area (Å²) in [6.45, 7) is 0. The zero-order valence-electron chi connectivity index (χ0n) is 11.7. The van der Waals surface area contributed by atoms with Crippen molar-refractivity contribution in [3.8, 4) is 0 Å². The Morgan fingerprint density at radius 3 is 2.43 bits per heavy atom. The first-order valence-electron chi connectivity index (χ1n) is 6.84. The predicted octanol–water partition coefficient (Wildman–Crippen LogP) is -1.95. The van der Waals surface area contributed by atoms with Crippen LogP contribution in [-0.2, 0) is 10.3 Å². The molecule has 9 heteroatoms. The normalized spacial score (nSPS) is 44.1. The molecule has 1 saturated heterocycles. The van der Waals surface area contributed by atoms with Crippen LogP contribution in [0.2, 0.25) is 0 Å². The van der Waals surface area contributed by atoms with Gasteiger partial charge in [-0.05, 0) is 6.07 Å². The highest BCUT2D eigenvalue weighted by Gasteiger charge is 2.67. The highest BCUT2D eigenvalue weighted by atomic mass is 19.1. The third-order valence-electron chi connectivity index (χ3n) is 4.37. The third kappa shape index (κ3) is 2.06. The van der Waals surface area contributed by atoms with Gasteiger partial charge < -0.3 is 35.4 Å². The molecule has 2 aliphatic heterocycles. The molecule has 8 nitrogen and oxygen atoms in total. The van der Waals surface area contributed by atoms with Gasteiger partial charge in [-0.1, -0.05) is 18.2 Å². The molecule has 1 aromatic carbocycles. The van der Waals surface area contributed by atoms with Crippen molar-refractivity contribution in [2.24, 2.45) is 4.99 Å². The van der Waals surface area contributed by atoms with Crippen LogP contribution >= 0.6 is 0 Å². The first-order chi connectivity index (χ1) is 10.7. The smallest absolute Gasteiger partial charge is 0.225 e. The molecule has 1 aromatic rings. The Balaban J connectivity index is 2.13. The predicted molar refractivity (Wildman–Crippen MR) is 73.4 cm³/mol. The fourth-order valence-corrected chi connectivity index (χ4v) is 3.08. The van der Waals surface area contributed by atoms with E-state index in [0.29, 0.717) is 0 Å². The molecule has 2 unspecified atom stereocenters. The average Bonchev–Trinajstić information content (AvgIpc) is 2.88. The van der Waals surface area contributed by atoms with Crippen LogP contribution in [0.3, 0.4) is 0 Å². The molecule has 2 heterocycles. The second-order valence-electron chi connectivity index (χ2n) is 5.62. The van der Waals surface area contributed by atoms with Crippen molar-refractivity contribution in [3.05, 3.63) is 29.8 Å². The zero-order chi connectivity index (χ0) is 17.0. The Hall–Kier alpha value is -1.46. The summed E-state index contributed by atoms with van der Waals surface area (Å²) < 4.78 is 17.8. The molecule has 0 radical (unpaired) electrons. The van der Waals surface area contributed by atoms with Crippen LogP contribution in [0, 0.1) is 0 Å². The van der Waals surface area contributed by atoms with Gasteiger partial charge in [0.05, 0.1) is 5.69 Å². The van der Waals surface area contributed by atoms with Gasteiger partial charge in [0.2, 0.25) is 6.36 Å². The molecule has 0 amide bonds. The van der Waals surface area contributed by atoms with Gasteiger partial charge in [0, 0.05) is 11.8 Å². The molecule has 0 aliphatic carbocycles. The Labute approximate surface area is 129 Å². The zero-order valence-corrected chi connectivity index (χ0v) is 11.7. The minimum atomic E-state index is -2.88. The van der Waals surface area contributed by atoms with Crippen LogP contribution in [0.5, 0.6) is 0 Å². The maximum atomic E-state index is 13.2. The summed E-state index contributed by atoms with van der Waals surface area (Å²) in [4.78, 5) is 3.90. The van der Waals surface area contributed by atoms with E-state index < -0.39 is 42.2 Å². The number of alkyl halides is 1. The lowest BCUT2D eigenvalue weighted by Crippen LogP contribution is -2.75. The number of nitrogens with zero attached hydrogens (tertiary/aromatic N) is 1. The lowest BCUT2D eigenvalue weighted by Gasteiger charge is -2.52. The maximum Gasteiger partial charge on any atom is 0.225 e. The van der Waals surface area contributed by atoms with Crippen molar-refractivity contribution in [1.29, 1.82) is 0 Å². The van der Waals surface area contributed by atoms with Crippen molar-refractivity contribution >= 4 is 11.9 Å². The minimum Gasteiger partial charge on any atom is -0.387 e. The van der Waals surface area contributed by atoms with E-state index in [2.05, 4.69) is 9.73 Å². The SMILES string of the molecule is OC(F)[C@H]1O[C@H](O)[C@@H](O)[C@](O)(C2(O)C=Nc3ccccc32)[C@@H]1O. The van der Waals surface area contributed by atoms with Gasteiger partial charge in [0.15, 0.2) is 17.5 Å². The molecule has 1 fully saturated rings. The van der Waals surface area contributed by atoms with E-state index in [-0.39, 0.29) is 11.3 Å². The number of rotatable bonds is 2. The van der Waals surface area contributed by atoms with E-state index in [1.807, 2.05) is 0 Å². The highest BCUT2D eigenvalue weighted by molar-refractivity contribution is 5.85. The topological polar surface area (TPSA) is 143 Å². The number of benzene rings is 1. The third-order valence-corrected chi connectivity index (χ3v) is 4.37. The van der Waals surface area contributed by atoms with Gasteiger partial charge >= 0.3 is 0 Å². The molecule has 2 aliphatic rings. The van der Waals surface area contributed by atoms with Crippen molar-refractivity contribution in [2.75, 3.05) is 0 Å². The van der Waals surface area contributed by atoms with Crippen LogP contribution in [0.4, 0.5) is 10.1 Å². The van der Waals surface area contributed by atoms with Crippen LogP contribution in [0.15, 0.2) is 29.3 Å². The fraction of sp³-hybridized carbons (Fsp3) is 0.500. The van der Waals surface area contributed by atoms with Crippen LogP contribution in [-0.4, -0.2) is 73.4 Å². The number of ether oxygens (including phenoxy) is 1. The molecular formula is C14H16FNO7. The molecule has 7 atom stereocenters. The number of halogens is 1. The average molecular weight is 329 g/mol. The number of fused-ring (bicyclic) bond motifs is 1. The van der Waals surface area contributed by atoms with Gasteiger partial charge in [-0.3, -0.25) is 4.99 Å². The highest BCUT2D eigenvalue weighted by Crippen LogP contribution is 2.48. The molecule has 0 bridgehead atoms. The van der Waals surface area contributed by atoms with Crippen molar-refractivity contribution in [3.63, 3.8) is 0 Å². The van der Waals surface area contributed by atoms with Gasteiger partial charge in [0.1, 0.15) is 18.3 Å². The van der Waals surface area contributed by atoms with Crippen molar-refractivity contribution < 1.29 is 39.8 Å². The van der Waals surface area contributed by atoms with Crippen LogP contribution in [0.25, 0.3) is 0 Å². The molecule has 3 rings (SSSR count). The number of aliphatic hydroxyl groups excluding tert-OH is 4. The van der Waals surface area contributed by atoms with Gasteiger partial charge in [0.25, 0.3) is 0 Å². The Kier molecular flexibility index (Phi) is 3.76. The largest absolute Gasteiger partial charge is 0.387 e. The van der Waals surface area contributed by atoms with Crippen molar-refractivity contribution in [1.82, 2.24) is 0 Å². The van der Waals surface area contributed by atoms with Gasteiger partial charge in [-0.25, -0.2) is 4.39 Å². The molecule has 6 N–H and O–H groups in total. The Morgan fingerprint density at radius 2 is 1.78 bits per heavy atom. The summed E-state index contributed by atoms with van der Waals surface area (Å²) in [5.41, 5.74) is -5.00. The van der Waals surface area contributed by atoms with Crippen LogP contribution in [0.1, 0.15) is 5.56 Å². The van der Waals surface area contributed by atoms with Gasteiger partial charge in [-0.15, -0.1) is 0 Å². The summed E-state index contributed by atoms with van der Waals surface area (Å²) in [7, 11) is 0. The second-order valence-corrected chi connectivity index (χ2v) is 5.62. The van der Waals surface area contributed by atoms with E-state index in [4.69, 9.17) is 5.11 Å². The summed E-state index contributed by atoms with van der Waals surface area (Å²) in [5, 5.41) is 60.8. The Morgan fingerprint density at radius 1 is 1.13 bits per heavy atom. The summed E-state index contributed by atoms with van der Waals surface area (Å²) in [6, 6.07) is 6.05. The molecule has 0 spiro atoms. The Bertz CT molecular complexity index is 641. The number of hydrogen-bond acceptors (Lipinski definition) is 8. The van der Waals surface area contributed by atoms with E-state index >= 15 is 0 Å². The second kappa shape index (κ2) is 5.28. The number of para-hydroxylation sites is 1. The maximum absolute atomic E-state index is 13.2. The number of aliphatic hydroxyl groups is 6. The monoisotopic (exact) mass is 329 g/mol. The van der Waals surface area contributed by atoms with E-state index in [0.717, 1.165) is 6.21 Å².